The monoisotopic (exact) mass is 278 g/mol. The molecule has 2 aromatic rings. The van der Waals surface area contributed by atoms with Crippen LogP contribution in [0.2, 0.25) is 0 Å². The van der Waals surface area contributed by atoms with Crippen molar-refractivity contribution < 1.29 is 19.1 Å². The van der Waals surface area contributed by atoms with Gasteiger partial charge < -0.3 is 14.5 Å². The van der Waals surface area contributed by atoms with E-state index in [1.165, 1.54) is 6.07 Å². The van der Waals surface area contributed by atoms with Gasteiger partial charge in [-0.05, 0) is 43.7 Å². The maximum atomic E-state index is 11.3. The fourth-order valence-electron chi connectivity index (χ4n) is 1.71. The van der Waals surface area contributed by atoms with Crippen molar-refractivity contribution in [2.24, 2.45) is 0 Å². The van der Waals surface area contributed by atoms with E-state index >= 15 is 0 Å². The van der Waals surface area contributed by atoms with Gasteiger partial charge in [0.25, 0.3) is 0 Å². The summed E-state index contributed by atoms with van der Waals surface area (Å²) < 4.78 is 16.9. The normalized spacial score (nSPS) is 11.4. The van der Waals surface area contributed by atoms with Crippen LogP contribution in [0.4, 0.5) is 0 Å². The molecule has 0 aromatic heterocycles. The zero-order valence-corrected chi connectivity index (χ0v) is 11.6. The van der Waals surface area contributed by atoms with Crippen LogP contribution in [0.3, 0.4) is 0 Å². The third-order valence-corrected chi connectivity index (χ3v) is 3.86. The van der Waals surface area contributed by atoms with Gasteiger partial charge >= 0.3 is 7.60 Å². The molecule has 0 aliphatic carbocycles. The average Bonchev–Trinajstić information content (AvgIpc) is 2.33. The minimum absolute atomic E-state index is 0.00267. The van der Waals surface area contributed by atoms with Crippen molar-refractivity contribution in [1.82, 2.24) is 0 Å². The van der Waals surface area contributed by atoms with Crippen LogP contribution in [-0.2, 0) is 4.57 Å². The lowest BCUT2D eigenvalue weighted by Crippen LogP contribution is -2.08. The first kappa shape index (κ1) is 13.8. The Labute approximate surface area is 111 Å². The van der Waals surface area contributed by atoms with E-state index in [2.05, 4.69) is 0 Å². The van der Waals surface area contributed by atoms with E-state index in [1.807, 2.05) is 31.2 Å². The highest BCUT2D eigenvalue weighted by atomic mass is 31.2. The molecule has 5 heteroatoms. The van der Waals surface area contributed by atoms with Gasteiger partial charge in [-0.15, -0.1) is 0 Å². The summed E-state index contributed by atoms with van der Waals surface area (Å²) in [4.78, 5) is 18.5. The molecule has 0 amide bonds. The first-order chi connectivity index (χ1) is 8.86. The quantitative estimate of drug-likeness (QED) is 0.847. The Morgan fingerprint density at radius 1 is 0.947 bits per heavy atom. The molecule has 0 aliphatic rings. The molecule has 2 rings (SSSR count). The predicted molar refractivity (Wildman–Crippen MR) is 74.1 cm³/mol. The van der Waals surface area contributed by atoms with Crippen molar-refractivity contribution in [3.8, 4) is 11.5 Å². The Kier molecular flexibility index (Phi) is 3.76. The minimum Gasteiger partial charge on any atom is -0.457 e. The summed E-state index contributed by atoms with van der Waals surface area (Å²) in [5.74, 6) is 1.04. The number of benzene rings is 2. The van der Waals surface area contributed by atoms with Gasteiger partial charge in [0, 0.05) is 0 Å². The van der Waals surface area contributed by atoms with E-state index < -0.39 is 7.60 Å². The maximum Gasteiger partial charge on any atom is 0.356 e. The van der Waals surface area contributed by atoms with Crippen LogP contribution in [0.1, 0.15) is 11.1 Å². The summed E-state index contributed by atoms with van der Waals surface area (Å²) in [6.45, 7) is 3.63. The molecule has 0 bridgehead atoms. The van der Waals surface area contributed by atoms with Crippen LogP contribution in [-0.4, -0.2) is 9.79 Å². The number of ether oxygens (including phenoxy) is 1. The summed E-state index contributed by atoms with van der Waals surface area (Å²) in [7, 11) is -4.28. The van der Waals surface area contributed by atoms with Crippen LogP contribution in [0.15, 0.2) is 42.5 Å². The van der Waals surface area contributed by atoms with E-state index in [1.54, 1.807) is 19.1 Å². The lowest BCUT2D eigenvalue weighted by molar-refractivity contribution is 0.387. The highest BCUT2D eigenvalue weighted by Gasteiger charge is 2.20. The van der Waals surface area contributed by atoms with Gasteiger partial charge in [-0.1, -0.05) is 23.8 Å². The molecule has 0 radical (unpaired) electrons. The van der Waals surface area contributed by atoms with Crippen LogP contribution < -0.4 is 10.0 Å². The van der Waals surface area contributed by atoms with Gasteiger partial charge in [-0.3, -0.25) is 4.57 Å². The minimum atomic E-state index is -4.28. The Morgan fingerprint density at radius 2 is 1.53 bits per heavy atom. The van der Waals surface area contributed by atoms with Gasteiger partial charge in [-0.2, -0.15) is 0 Å². The highest BCUT2D eigenvalue weighted by molar-refractivity contribution is 7.60. The second-order valence-electron chi connectivity index (χ2n) is 4.41. The Balaban J connectivity index is 2.31. The molecule has 0 spiro atoms. The van der Waals surface area contributed by atoms with Crippen LogP contribution in [0, 0.1) is 13.8 Å². The maximum absolute atomic E-state index is 11.3. The molecule has 0 saturated carbocycles. The fourth-order valence-corrected chi connectivity index (χ4v) is 2.54. The smallest absolute Gasteiger partial charge is 0.356 e. The molecule has 0 unspecified atom stereocenters. The van der Waals surface area contributed by atoms with Crippen LogP contribution >= 0.6 is 7.60 Å². The third-order valence-electron chi connectivity index (χ3n) is 2.75. The number of aryl methyl sites for hydroxylation is 2. The lowest BCUT2D eigenvalue weighted by atomic mass is 10.2. The topological polar surface area (TPSA) is 66.8 Å². The number of hydrogen-bond acceptors (Lipinski definition) is 2. The molecular formula is C14H15O4P. The summed E-state index contributed by atoms with van der Waals surface area (Å²) in [6.07, 6.45) is 0. The fraction of sp³-hybridized carbons (Fsp3) is 0.143. The lowest BCUT2D eigenvalue weighted by Gasteiger charge is -2.11. The number of hydrogen-bond donors (Lipinski definition) is 2. The molecule has 2 N–H and O–H groups in total. The van der Waals surface area contributed by atoms with Crippen LogP contribution in [0.25, 0.3) is 0 Å². The SMILES string of the molecule is Cc1ccc(Oc2ccc(C)c(P(=O)(O)O)c2)cc1. The molecule has 2 aromatic carbocycles. The van der Waals surface area contributed by atoms with E-state index in [0.717, 1.165) is 5.56 Å². The van der Waals surface area contributed by atoms with Gasteiger partial charge in [-0.25, -0.2) is 0 Å². The second kappa shape index (κ2) is 5.17. The van der Waals surface area contributed by atoms with Crippen molar-refractivity contribution in [3.63, 3.8) is 0 Å². The van der Waals surface area contributed by atoms with Crippen molar-refractivity contribution in [2.45, 2.75) is 13.8 Å². The van der Waals surface area contributed by atoms with E-state index in [9.17, 15) is 14.4 Å². The van der Waals surface area contributed by atoms with Gasteiger partial charge in [0.05, 0.1) is 5.30 Å². The molecule has 100 valence electrons. The molecule has 0 fully saturated rings. The van der Waals surface area contributed by atoms with Crippen molar-refractivity contribution in [3.05, 3.63) is 53.6 Å². The summed E-state index contributed by atoms with van der Waals surface area (Å²) >= 11 is 0. The average molecular weight is 278 g/mol. The van der Waals surface area contributed by atoms with E-state index in [4.69, 9.17) is 4.74 Å². The third kappa shape index (κ3) is 3.44. The molecule has 0 saturated heterocycles. The molecule has 0 heterocycles. The second-order valence-corrected chi connectivity index (χ2v) is 5.98. The molecule has 19 heavy (non-hydrogen) atoms. The van der Waals surface area contributed by atoms with Gasteiger partial charge in [0.15, 0.2) is 0 Å². The molecule has 4 nitrogen and oxygen atoms in total. The zero-order valence-electron chi connectivity index (χ0n) is 10.7. The summed E-state index contributed by atoms with van der Waals surface area (Å²) in [6, 6.07) is 12.2. The van der Waals surface area contributed by atoms with Crippen LogP contribution in [0.5, 0.6) is 11.5 Å². The standard InChI is InChI=1S/C14H15O4P/c1-10-3-6-12(7-4-10)18-13-8-5-11(2)14(9-13)19(15,16)17/h3-9H,1-2H3,(H2,15,16,17). The first-order valence-electron chi connectivity index (χ1n) is 5.77. The van der Waals surface area contributed by atoms with E-state index in [-0.39, 0.29) is 5.30 Å². The summed E-state index contributed by atoms with van der Waals surface area (Å²) in [5.41, 5.74) is 1.66. The Hall–Kier alpha value is -1.61. The van der Waals surface area contributed by atoms with Gasteiger partial charge in [0.2, 0.25) is 0 Å². The zero-order chi connectivity index (χ0) is 14.0. The largest absolute Gasteiger partial charge is 0.457 e. The van der Waals surface area contributed by atoms with Crippen molar-refractivity contribution in [2.75, 3.05) is 0 Å². The Bertz CT molecular complexity index is 628. The van der Waals surface area contributed by atoms with Crippen molar-refractivity contribution >= 4 is 12.9 Å². The summed E-state index contributed by atoms with van der Waals surface area (Å²) in [5, 5.41) is -0.00267. The first-order valence-corrected chi connectivity index (χ1v) is 7.39. The Morgan fingerprint density at radius 3 is 2.11 bits per heavy atom. The van der Waals surface area contributed by atoms with Crippen molar-refractivity contribution in [1.29, 1.82) is 0 Å². The highest BCUT2D eigenvalue weighted by Crippen LogP contribution is 2.36. The van der Waals surface area contributed by atoms with E-state index in [0.29, 0.717) is 17.1 Å². The predicted octanol–water partition coefficient (Wildman–Crippen LogP) is 2.90. The number of rotatable bonds is 3. The van der Waals surface area contributed by atoms with Gasteiger partial charge in [0.1, 0.15) is 11.5 Å². The molecule has 0 aliphatic heterocycles. The molecule has 0 atom stereocenters. The molecular weight excluding hydrogens is 263 g/mol.